The Morgan fingerprint density at radius 2 is 1.64 bits per heavy atom. The van der Waals surface area contributed by atoms with Crippen molar-refractivity contribution in [1.29, 1.82) is 0 Å². The molecule has 3 nitrogen and oxygen atoms in total. The van der Waals surface area contributed by atoms with E-state index in [0.29, 0.717) is 11.3 Å². The van der Waals surface area contributed by atoms with Crippen molar-refractivity contribution in [3.05, 3.63) is 87.7 Å². The molecule has 0 aliphatic heterocycles. The van der Waals surface area contributed by atoms with Crippen LogP contribution in [0.4, 0.5) is 13.2 Å². The molecule has 3 aromatic rings. The Kier molecular flexibility index (Phi) is 4.44. The molecule has 0 atom stereocenters. The van der Waals surface area contributed by atoms with Crippen LogP contribution in [0, 0.1) is 6.92 Å². The topological polar surface area (TPSA) is 34.9 Å². The SMILES string of the molecule is Cc1ccccc1-c1ccc(=O)n(Cc2ccc(C(F)(F)F)cc2)n1. The van der Waals surface area contributed by atoms with Crippen molar-refractivity contribution in [2.24, 2.45) is 0 Å². The minimum absolute atomic E-state index is 0.108. The van der Waals surface area contributed by atoms with Crippen molar-refractivity contribution in [1.82, 2.24) is 9.78 Å². The van der Waals surface area contributed by atoms with Gasteiger partial charge in [0.2, 0.25) is 0 Å². The highest BCUT2D eigenvalue weighted by atomic mass is 19.4. The minimum atomic E-state index is -4.38. The molecule has 2 aromatic carbocycles. The molecule has 0 aliphatic carbocycles. The van der Waals surface area contributed by atoms with E-state index in [9.17, 15) is 18.0 Å². The molecule has 6 heteroatoms. The zero-order valence-electron chi connectivity index (χ0n) is 13.4. The van der Waals surface area contributed by atoms with E-state index < -0.39 is 11.7 Å². The van der Waals surface area contributed by atoms with Crippen LogP contribution in [-0.4, -0.2) is 9.78 Å². The molecular weight excluding hydrogens is 329 g/mol. The summed E-state index contributed by atoms with van der Waals surface area (Å²) in [4.78, 5) is 12.0. The molecule has 0 spiro atoms. The van der Waals surface area contributed by atoms with E-state index >= 15 is 0 Å². The van der Waals surface area contributed by atoms with Crippen LogP contribution in [0.25, 0.3) is 11.3 Å². The molecule has 0 bridgehead atoms. The second kappa shape index (κ2) is 6.55. The Morgan fingerprint density at radius 3 is 2.28 bits per heavy atom. The second-order valence-corrected chi connectivity index (χ2v) is 5.72. The van der Waals surface area contributed by atoms with Crippen LogP contribution in [-0.2, 0) is 12.7 Å². The molecule has 1 aromatic heterocycles. The van der Waals surface area contributed by atoms with E-state index in [-0.39, 0.29) is 12.1 Å². The van der Waals surface area contributed by atoms with Crippen molar-refractivity contribution in [3.8, 4) is 11.3 Å². The van der Waals surface area contributed by atoms with Crippen LogP contribution >= 0.6 is 0 Å². The zero-order chi connectivity index (χ0) is 18.0. The van der Waals surface area contributed by atoms with Crippen LogP contribution in [0.2, 0.25) is 0 Å². The van der Waals surface area contributed by atoms with Gasteiger partial charge in [-0.1, -0.05) is 36.4 Å². The standard InChI is InChI=1S/C19H15F3N2O/c1-13-4-2-3-5-16(13)17-10-11-18(25)24(23-17)12-14-6-8-15(9-7-14)19(20,21)22/h2-11H,12H2,1H3. The van der Waals surface area contributed by atoms with Crippen molar-refractivity contribution in [3.63, 3.8) is 0 Å². The lowest BCUT2D eigenvalue weighted by Gasteiger charge is -2.10. The van der Waals surface area contributed by atoms with Gasteiger partial charge in [0.25, 0.3) is 5.56 Å². The maximum Gasteiger partial charge on any atom is 0.416 e. The molecule has 0 amide bonds. The Balaban J connectivity index is 1.92. The molecule has 25 heavy (non-hydrogen) atoms. The number of benzene rings is 2. The quantitative estimate of drug-likeness (QED) is 0.711. The highest BCUT2D eigenvalue weighted by Crippen LogP contribution is 2.29. The smallest absolute Gasteiger partial charge is 0.268 e. The fourth-order valence-corrected chi connectivity index (χ4v) is 2.54. The summed E-state index contributed by atoms with van der Waals surface area (Å²) in [5.41, 5.74) is 2.12. The van der Waals surface area contributed by atoms with E-state index in [1.807, 2.05) is 31.2 Å². The Labute approximate surface area is 142 Å². The third kappa shape index (κ3) is 3.79. The highest BCUT2D eigenvalue weighted by Gasteiger charge is 2.29. The van der Waals surface area contributed by atoms with E-state index in [4.69, 9.17) is 0 Å². The summed E-state index contributed by atoms with van der Waals surface area (Å²) in [7, 11) is 0. The molecule has 0 N–H and O–H groups in total. The van der Waals surface area contributed by atoms with Gasteiger partial charge < -0.3 is 0 Å². The van der Waals surface area contributed by atoms with E-state index in [2.05, 4.69) is 5.10 Å². The van der Waals surface area contributed by atoms with Crippen molar-refractivity contribution >= 4 is 0 Å². The molecule has 0 fully saturated rings. The van der Waals surface area contributed by atoms with Gasteiger partial charge in [-0.2, -0.15) is 18.3 Å². The first-order valence-electron chi connectivity index (χ1n) is 7.65. The first-order chi connectivity index (χ1) is 11.8. The Hall–Kier alpha value is -2.89. The zero-order valence-corrected chi connectivity index (χ0v) is 13.4. The molecule has 3 rings (SSSR count). The summed E-state index contributed by atoms with van der Waals surface area (Å²) in [6, 6.07) is 15.4. The lowest BCUT2D eigenvalue weighted by molar-refractivity contribution is -0.137. The average Bonchev–Trinajstić information content (AvgIpc) is 2.57. The second-order valence-electron chi connectivity index (χ2n) is 5.72. The molecule has 1 heterocycles. The largest absolute Gasteiger partial charge is 0.416 e. The summed E-state index contributed by atoms with van der Waals surface area (Å²) in [5, 5.41) is 4.35. The van der Waals surface area contributed by atoms with Crippen molar-refractivity contribution in [2.75, 3.05) is 0 Å². The predicted octanol–water partition coefficient (Wildman–Crippen LogP) is 4.29. The van der Waals surface area contributed by atoms with Crippen LogP contribution in [0.3, 0.4) is 0 Å². The summed E-state index contributed by atoms with van der Waals surface area (Å²) < 4.78 is 39.1. The summed E-state index contributed by atoms with van der Waals surface area (Å²) >= 11 is 0. The first-order valence-corrected chi connectivity index (χ1v) is 7.65. The van der Waals surface area contributed by atoms with Gasteiger partial charge in [-0.05, 0) is 36.2 Å². The minimum Gasteiger partial charge on any atom is -0.268 e. The molecule has 128 valence electrons. The predicted molar refractivity (Wildman–Crippen MR) is 89.2 cm³/mol. The summed E-state index contributed by atoms with van der Waals surface area (Å²) in [6.45, 7) is 2.05. The first kappa shape index (κ1) is 17.0. The number of halogens is 3. The highest BCUT2D eigenvalue weighted by molar-refractivity contribution is 5.62. The fraction of sp³-hybridized carbons (Fsp3) is 0.158. The van der Waals surface area contributed by atoms with Crippen LogP contribution in [0.15, 0.2) is 65.5 Å². The van der Waals surface area contributed by atoms with Crippen LogP contribution < -0.4 is 5.56 Å². The third-order valence-corrected chi connectivity index (χ3v) is 3.90. The third-order valence-electron chi connectivity index (χ3n) is 3.90. The molecule has 0 aliphatic rings. The molecule has 0 saturated carbocycles. The van der Waals surface area contributed by atoms with Gasteiger partial charge in [-0.25, -0.2) is 4.68 Å². The summed E-state index contributed by atoms with van der Waals surface area (Å²) in [5.74, 6) is 0. The van der Waals surface area contributed by atoms with E-state index in [1.165, 1.54) is 22.9 Å². The number of alkyl halides is 3. The van der Waals surface area contributed by atoms with Gasteiger partial charge in [-0.3, -0.25) is 4.79 Å². The fourth-order valence-electron chi connectivity index (χ4n) is 2.54. The van der Waals surface area contributed by atoms with Gasteiger partial charge in [-0.15, -0.1) is 0 Å². The molecular formula is C19H15F3N2O. The van der Waals surface area contributed by atoms with Crippen molar-refractivity contribution < 1.29 is 13.2 Å². The van der Waals surface area contributed by atoms with Gasteiger partial charge in [0.15, 0.2) is 0 Å². The van der Waals surface area contributed by atoms with Gasteiger partial charge in [0.05, 0.1) is 17.8 Å². The maximum absolute atomic E-state index is 12.6. The number of hydrogen-bond acceptors (Lipinski definition) is 2. The van der Waals surface area contributed by atoms with Crippen LogP contribution in [0.5, 0.6) is 0 Å². The Bertz CT molecular complexity index is 944. The average molecular weight is 344 g/mol. The number of rotatable bonds is 3. The molecule has 0 radical (unpaired) electrons. The number of hydrogen-bond donors (Lipinski definition) is 0. The normalized spacial score (nSPS) is 11.5. The number of nitrogens with zero attached hydrogens (tertiary/aromatic N) is 2. The van der Waals surface area contributed by atoms with E-state index in [1.54, 1.807) is 6.07 Å². The van der Waals surface area contributed by atoms with Gasteiger partial charge in [0.1, 0.15) is 0 Å². The lowest BCUT2D eigenvalue weighted by Crippen LogP contribution is -2.23. The van der Waals surface area contributed by atoms with E-state index in [0.717, 1.165) is 23.3 Å². The van der Waals surface area contributed by atoms with Gasteiger partial charge >= 0.3 is 6.18 Å². The number of aromatic nitrogens is 2. The lowest BCUT2D eigenvalue weighted by atomic mass is 10.1. The van der Waals surface area contributed by atoms with Crippen molar-refractivity contribution in [2.45, 2.75) is 19.6 Å². The molecule has 0 saturated heterocycles. The van der Waals surface area contributed by atoms with Gasteiger partial charge in [0, 0.05) is 11.6 Å². The number of aryl methyl sites for hydroxylation is 1. The summed E-state index contributed by atoms with van der Waals surface area (Å²) in [6.07, 6.45) is -4.38. The van der Waals surface area contributed by atoms with Crippen LogP contribution in [0.1, 0.15) is 16.7 Å². The Morgan fingerprint density at radius 1 is 0.960 bits per heavy atom. The monoisotopic (exact) mass is 344 g/mol. The maximum atomic E-state index is 12.6. The molecule has 0 unspecified atom stereocenters.